The quantitative estimate of drug-likeness (QED) is 0.815. The third-order valence-electron chi connectivity index (χ3n) is 3.58. The highest BCUT2D eigenvalue weighted by Crippen LogP contribution is 2.27. The smallest absolute Gasteiger partial charge is 0.0402 e. The average molecular weight is 218 g/mol. The largest absolute Gasteiger partial charge is 0.384 e. The van der Waals surface area contributed by atoms with E-state index in [1.54, 1.807) is 0 Å². The number of benzene rings is 1. The average Bonchev–Trinajstić information content (AvgIpc) is 2.24. The summed E-state index contributed by atoms with van der Waals surface area (Å²) in [7, 11) is 0. The van der Waals surface area contributed by atoms with Gasteiger partial charge in [0.25, 0.3) is 0 Å². The molecule has 0 saturated heterocycles. The van der Waals surface area contributed by atoms with E-state index in [0.717, 1.165) is 18.9 Å². The van der Waals surface area contributed by atoms with Crippen LogP contribution >= 0.6 is 0 Å². The standard InChI is InChI=1S/C14H22N2/c1-3-12-6-4-5-10(2)14(12)16-9-11-7-13(15)8-11/h4-6,11,13,16H,3,7-9,15H2,1-2H3. The molecule has 1 aliphatic carbocycles. The van der Waals surface area contributed by atoms with Gasteiger partial charge in [-0.05, 0) is 43.2 Å². The molecule has 0 aliphatic heterocycles. The predicted molar refractivity (Wildman–Crippen MR) is 69.7 cm³/mol. The van der Waals surface area contributed by atoms with E-state index in [1.807, 2.05) is 0 Å². The summed E-state index contributed by atoms with van der Waals surface area (Å²) in [6.07, 6.45) is 3.45. The predicted octanol–water partition coefficient (Wildman–Crippen LogP) is 2.71. The van der Waals surface area contributed by atoms with Crippen molar-refractivity contribution in [2.45, 2.75) is 39.2 Å². The molecule has 1 aromatic carbocycles. The molecule has 1 aromatic rings. The Morgan fingerprint density at radius 3 is 2.75 bits per heavy atom. The zero-order valence-corrected chi connectivity index (χ0v) is 10.3. The molecule has 0 amide bonds. The summed E-state index contributed by atoms with van der Waals surface area (Å²) in [5, 5.41) is 3.60. The topological polar surface area (TPSA) is 38.0 Å². The number of nitrogens with two attached hydrogens (primary N) is 1. The summed E-state index contributed by atoms with van der Waals surface area (Å²) in [5.74, 6) is 0.777. The van der Waals surface area contributed by atoms with Crippen LogP contribution in [-0.4, -0.2) is 12.6 Å². The molecule has 0 atom stereocenters. The number of hydrogen-bond acceptors (Lipinski definition) is 2. The van der Waals surface area contributed by atoms with Crippen molar-refractivity contribution >= 4 is 5.69 Å². The monoisotopic (exact) mass is 218 g/mol. The molecule has 0 heterocycles. The van der Waals surface area contributed by atoms with E-state index in [1.165, 1.54) is 29.7 Å². The Bertz CT molecular complexity index is 354. The van der Waals surface area contributed by atoms with Crippen LogP contribution in [0.4, 0.5) is 5.69 Å². The van der Waals surface area contributed by atoms with Crippen LogP contribution < -0.4 is 11.1 Å². The van der Waals surface area contributed by atoms with Gasteiger partial charge < -0.3 is 11.1 Å². The van der Waals surface area contributed by atoms with Crippen molar-refractivity contribution in [1.29, 1.82) is 0 Å². The Hall–Kier alpha value is -1.02. The molecule has 0 spiro atoms. The lowest BCUT2D eigenvalue weighted by Crippen LogP contribution is -2.39. The third-order valence-corrected chi connectivity index (χ3v) is 3.58. The number of para-hydroxylation sites is 1. The fraction of sp³-hybridized carbons (Fsp3) is 0.571. The molecule has 0 aromatic heterocycles. The second-order valence-electron chi connectivity index (χ2n) is 4.94. The van der Waals surface area contributed by atoms with Crippen molar-refractivity contribution in [3.8, 4) is 0 Å². The summed E-state index contributed by atoms with van der Waals surface area (Å²) < 4.78 is 0. The second kappa shape index (κ2) is 4.88. The number of aryl methyl sites for hydroxylation is 2. The zero-order valence-electron chi connectivity index (χ0n) is 10.3. The van der Waals surface area contributed by atoms with E-state index in [2.05, 4.69) is 37.4 Å². The molecule has 1 saturated carbocycles. The van der Waals surface area contributed by atoms with Gasteiger partial charge in [-0.3, -0.25) is 0 Å². The van der Waals surface area contributed by atoms with E-state index < -0.39 is 0 Å². The van der Waals surface area contributed by atoms with Gasteiger partial charge in [-0.15, -0.1) is 0 Å². The van der Waals surface area contributed by atoms with E-state index in [4.69, 9.17) is 5.73 Å². The van der Waals surface area contributed by atoms with Crippen LogP contribution in [0.5, 0.6) is 0 Å². The fourth-order valence-electron chi connectivity index (χ4n) is 2.48. The first kappa shape index (κ1) is 11.5. The molecule has 16 heavy (non-hydrogen) atoms. The molecule has 3 N–H and O–H groups in total. The molecule has 0 unspecified atom stereocenters. The van der Waals surface area contributed by atoms with Crippen molar-refractivity contribution in [2.75, 3.05) is 11.9 Å². The Kier molecular flexibility index (Phi) is 3.49. The minimum atomic E-state index is 0.453. The van der Waals surface area contributed by atoms with Crippen molar-refractivity contribution < 1.29 is 0 Å². The number of anilines is 1. The van der Waals surface area contributed by atoms with Crippen LogP contribution in [0, 0.1) is 12.8 Å². The van der Waals surface area contributed by atoms with E-state index in [9.17, 15) is 0 Å². The molecular weight excluding hydrogens is 196 g/mol. The summed E-state index contributed by atoms with van der Waals surface area (Å²) in [4.78, 5) is 0. The van der Waals surface area contributed by atoms with Crippen molar-refractivity contribution in [3.63, 3.8) is 0 Å². The van der Waals surface area contributed by atoms with Crippen molar-refractivity contribution in [1.82, 2.24) is 0 Å². The molecule has 2 nitrogen and oxygen atoms in total. The molecule has 1 fully saturated rings. The third kappa shape index (κ3) is 2.38. The van der Waals surface area contributed by atoms with Crippen LogP contribution in [0.3, 0.4) is 0 Å². The normalized spacial score (nSPS) is 23.9. The van der Waals surface area contributed by atoms with Gasteiger partial charge in [-0.25, -0.2) is 0 Å². The van der Waals surface area contributed by atoms with Crippen molar-refractivity contribution in [3.05, 3.63) is 29.3 Å². The van der Waals surface area contributed by atoms with E-state index in [0.29, 0.717) is 6.04 Å². The Balaban J connectivity index is 1.97. The highest BCUT2D eigenvalue weighted by Gasteiger charge is 2.25. The molecule has 1 aliphatic rings. The van der Waals surface area contributed by atoms with Crippen LogP contribution in [0.25, 0.3) is 0 Å². The number of hydrogen-bond donors (Lipinski definition) is 2. The summed E-state index contributed by atoms with van der Waals surface area (Å²) in [6.45, 7) is 5.46. The van der Waals surface area contributed by atoms with Gasteiger partial charge in [-0.2, -0.15) is 0 Å². The van der Waals surface area contributed by atoms with Gasteiger partial charge in [0.1, 0.15) is 0 Å². The molecule has 2 heteroatoms. The molecular formula is C14H22N2. The lowest BCUT2D eigenvalue weighted by Gasteiger charge is -2.33. The maximum absolute atomic E-state index is 5.80. The van der Waals surface area contributed by atoms with Crippen LogP contribution in [-0.2, 0) is 6.42 Å². The van der Waals surface area contributed by atoms with Gasteiger partial charge in [0.15, 0.2) is 0 Å². The van der Waals surface area contributed by atoms with Gasteiger partial charge in [0, 0.05) is 18.3 Å². The summed E-state index contributed by atoms with van der Waals surface area (Å²) in [5.41, 5.74) is 9.90. The Morgan fingerprint density at radius 1 is 1.38 bits per heavy atom. The highest BCUT2D eigenvalue weighted by atomic mass is 14.9. The SMILES string of the molecule is CCc1cccc(C)c1NCC1CC(N)C1. The van der Waals surface area contributed by atoms with Crippen LogP contribution in [0.1, 0.15) is 30.9 Å². The summed E-state index contributed by atoms with van der Waals surface area (Å²) >= 11 is 0. The van der Waals surface area contributed by atoms with Gasteiger partial charge in [0.2, 0.25) is 0 Å². The minimum absolute atomic E-state index is 0.453. The van der Waals surface area contributed by atoms with Crippen LogP contribution in [0.2, 0.25) is 0 Å². The lowest BCUT2D eigenvalue weighted by molar-refractivity contribution is 0.280. The highest BCUT2D eigenvalue weighted by molar-refractivity contribution is 5.57. The minimum Gasteiger partial charge on any atom is -0.384 e. The van der Waals surface area contributed by atoms with Gasteiger partial charge in [0.05, 0.1) is 0 Å². The lowest BCUT2D eigenvalue weighted by atomic mass is 9.81. The Labute approximate surface area is 98.2 Å². The maximum Gasteiger partial charge on any atom is 0.0402 e. The fourth-order valence-corrected chi connectivity index (χ4v) is 2.48. The van der Waals surface area contributed by atoms with Gasteiger partial charge in [-0.1, -0.05) is 25.1 Å². The summed E-state index contributed by atoms with van der Waals surface area (Å²) in [6, 6.07) is 6.98. The maximum atomic E-state index is 5.80. The molecule has 2 rings (SSSR count). The molecule has 0 radical (unpaired) electrons. The van der Waals surface area contributed by atoms with E-state index in [-0.39, 0.29) is 0 Å². The Morgan fingerprint density at radius 2 is 2.12 bits per heavy atom. The first-order chi connectivity index (χ1) is 7.70. The first-order valence-electron chi connectivity index (χ1n) is 6.28. The van der Waals surface area contributed by atoms with E-state index >= 15 is 0 Å². The first-order valence-corrected chi connectivity index (χ1v) is 6.28. The van der Waals surface area contributed by atoms with Crippen LogP contribution in [0.15, 0.2) is 18.2 Å². The zero-order chi connectivity index (χ0) is 11.5. The molecule has 88 valence electrons. The van der Waals surface area contributed by atoms with Gasteiger partial charge >= 0.3 is 0 Å². The number of rotatable bonds is 4. The van der Waals surface area contributed by atoms with Crippen molar-refractivity contribution in [2.24, 2.45) is 11.7 Å². The second-order valence-corrected chi connectivity index (χ2v) is 4.94. The molecule has 0 bridgehead atoms. The number of nitrogens with one attached hydrogen (secondary N) is 1.